The second kappa shape index (κ2) is 3.73. The number of nitrogens with two attached hydrogens (primary N) is 1. The van der Waals surface area contributed by atoms with E-state index in [1.54, 1.807) is 0 Å². The molecule has 2 heterocycles. The molecule has 3 rings (SSSR count). The Balaban J connectivity index is 2.21. The van der Waals surface area contributed by atoms with Gasteiger partial charge in [-0.25, -0.2) is 4.98 Å². The first-order valence-electron chi connectivity index (χ1n) is 5.71. The van der Waals surface area contributed by atoms with Crippen molar-refractivity contribution < 1.29 is 0 Å². The quantitative estimate of drug-likeness (QED) is 0.780. The zero-order valence-electron chi connectivity index (χ0n) is 9.70. The average molecular weight is 226 g/mol. The number of nitrogens with zero attached hydrogens (tertiary/aromatic N) is 2. The van der Waals surface area contributed by atoms with Gasteiger partial charge in [0.2, 0.25) is 5.95 Å². The lowest BCUT2D eigenvalue weighted by molar-refractivity contribution is 1.09. The van der Waals surface area contributed by atoms with Gasteiger partial charge >= 0.3 is 0 Å². The SMILES string of the molecule is Cc1cccc(-c2nc(N)nc3c2CCN3)c1. The fourth-order valence-corrected chi connectivity index (χ4v) is 2.22. The number of nitrogen functional groups attached to an aromatic ring is 1. The lowest BCUT2D eigenvalue weighted by Gasteiger charge is -2.08. The Bertz CT molecular complexity index is 578. The lowest BCUT2D eigenvalue weighted by atomic mass is 10.0. The van der Waals surface area contributed by atoms with E-state index in [-0.39, 0.29) is 0 Å². The van der Waals surface area contributed by atoms with Crippen LogP contribution in [0.25, 0.3) is 11.3 Å². The Kier molecular flexibility index (Phi) is 2.21. The second-order valence-electron chi connectivity index (χ2n) is 4.30. The average Bonchev–Trinajstić information content (AvgIpc) is 2.75. The Morgan fingerprint density at radius 1 is 1.29 bits per heavy atom. The summed E-state index contributed by atoms with van der Waals surface area (Å²) in [7, 11) is 0. The summed E-state index contributed by atoms with van der Waals surface area (Å²) in [4.78, 5) is 8.60. The van der Waals surface area contributed by atoms with E-state index in [1.807, 2.05) is 6.07 Å². The highest BCUT2D eigenvalue weighted by atomic mass is 15.1. The maximum atomic E-state index is 5.74. The number of nitrogens with one attached hydrogen (secondary N) is 1. The lowest BCUT2D eigenvalue weighted by Crippen LogP contribution is -2.01. The molecule has 1 aliphatic rings. The van der Waals surface area contributed by atoms with Crippen LogP contribution in [0.2, 0.25) is 0 Å². The fraction of sp³-hybridized carbons (Fsp3) is 0.231. The van der Waals surface area contributed by atoms with Crippen LogP contribution in [0.4, 0.5) is 11.8 Å². The van der Waals surface area contributed by atoms with Crippen LogP contribution in [0.5, 0.6) is 0 Å². The summed E-state index contributed by atoms with van der Waals surface area (Å²) in [6, 6.07) is 8.30. The summed E-state index contributed by atoms with van der Waals surface area (Å²) in [6.07, 6.45) is 0.957. The van der Waals surface area contributed by atoms with Crippen LogP contribution in [0.1, 0.15) is 11.1 Å². The molecule has 4 heteroatoms. The third kappa shape index (κ3) is 1.71. The Morgan fingerprint density at radius 3 is 3.00 bits per heavy atom. The van der Waals surface area contributed by atoms with Gasteiger partial charge in [-0.1, -0.05) is 23.8 Å². The Morgan fingerprint density at radius 2 is 2.18 bits per heavy atom. The molecule has 0 saturated carbocycles. The van der Waals surface area contributed by atoms with Crippen molar-refractivity contribution in [3.63, 3.8) is 0 Å². The van der Waals surface area contributed by atoms with Crippen molar-refractivity contribution in [1.82, 2.24) is 9.97 Å². The molecule has 0 atom stereocenters. The van der Waals surface area contributed by atoms with Gasteiger partial charge in [-0.15, -0.1) is 0 Å². The molecule has 4 nitrogen and oxygen atoms in total. The van der Waals surface area contributed by atoms with Gasteiger partial charge in [-0.05, 0) is 19.4 Å². The molecule has 1 aromatic carbocycles. The number of hydrogen-bond acceptors (Lipinski definition) is 4. The molecule has 0 fully saturated rings. The molecule has 1 aliphatic heterocycles. The maximum absolute atomic E-state index is 5.74. The number of rotatable bonds is 1. The first-order chi connectivity index (χ1) is 8.24. The molecule has 0 aliphatic carbocycles. The molecule has 0 saturated heterocycles. The van der Waals surface area contributed by atoms with Crippen LogP contribution < -0.4 is 11.1 Å². The third-order valence-electron chi connectivity index (χ3n) is 2.98. The molecule has 3 N–H and O–H groups in total. The molecule has 0 radical (unpaired) electrons. The monoisotopic (exact) mass is 226 g/mol. The van der Waals surface area contributed by atoms with Crippen LogP contribution in [0, 0.1) is 6.92 Å². The zero-order chi connectivity index (χ0) is 11.8. The highest BCUT2D eigenvalue weighted by Crippen LogP contribution is 2.30. The standard InChI is InChI=1S/C13H14N4/c1-8-3-2-4-9(7-8)11-10-5-6-15-12(10)17-13(14)16-11/h2-4,7H,5-6H2,1H3,(H3,14,15,16,17). The third-order valence-corrected chi connectivity index (χ3v) is 2.98. The first kappa shape index (κ1) is 10.1. The van der Waals surface area contributed by atoms with Gasteiger partial charge in [0.05, 0.1) is 5.69 Å². The van der Waals surface area contributed by atoms with Crippen LogP contribution >= 0.6 is 0 Å². The van der Waals surface area contributed by atoms with Crippen molar-refractivity contribution >= 4 is 11.8 Å². The second-order valence-corrected chi connectivity index (χ2v) is 4.30. The van der Waals surface area contributed by atoms with Crippen LogP contribution in [0.3, 0.4) is 0 Å². The summed E-state index contributed by atoms with van der Waals surface area (Å²) in [5.41, 5.74) is 10.2. The summed E-state index contributed by atoms with van der Waals surface area (Å²) in [5, 5.41) is 3.23. The Hall–Kier alpha value is -2.10. The largest absolute Gasteiger partial charge is 0.369 e. The van der Waals surface area contributed by atoms with Crippen LogP contribution in [0.15, 0.2) is 24.3 Å². The van der Waals surface area contributed by atoms with Crippen molar-refractivity contribution in [2.45, 2.75) is 13.3 Å². The molecule has 17 heavy (non-hydrogen) atoms. The number of fused-ring (bicyclic) bond motifs is 1. The van der Waals surface area contributed by atoms with Gasteiger partial charge < -0.3 is 11.1 Å². The number of hydrogen-bond donors (Lipinski definition) is 2. The maximum Gasteiger partial charge on any atom is 0.222 e. The van der Waals surface area contributed by atoms with Gasteiger partial charge in [0.25, 0.3) is 0 Å². The zero-order valence-corrected chi connectivity index (χ0v) is 9.70. The van der Waals surface area contributed by atoms with E-state index in [0.717, 1.165) is 30.0 Å². The summed E-state index contributed by atoms with van der Waals surface area (Å²) >= 11 is 0. The van der Waals surface area contributed by atoms with Gasteiger partial charge in [-0.2, -0.15) is 4.98 Å². The number of aryl methyl sites for hydroxylation is 1. The normalized spacial score (nSPS) is 13.2. The molecule has 0 amide bonds. The number of benzene rings is 1. The van der Waals surface area contributed by atoms with E-state index in [9.17, 15) is 0 Å². The molecular weight excluding hydrogens is 212 g/mol. The van der Waals surface area contributed by atoms with E-state index >= 15 is 0 Å². The molecule has 0 spiro atoms. The van der Waals surface area contributed by atoms with E-state index in [0.29, 0.717) is 5.95 Å². The smallest absolute Gasteiger partial charge is 0.222 e. The fourth-order valence-electron chi connectivity index (χ4n) is 2.22. The van der Waals surface area contributed by atoms with Gasteiger partial charge in [-0.3, -0.25) is 0 Å². The molecule has 86 valence electrons. The minimum Gasteiger partial charge on any atom is -0.369 e. The van der Waals surface area contributed by atoms with E-state index in [2.05, 4.69) is 40.4 Å². The topological polar surface area (TPSA) is 63.8 Å². The molecular formula is C13H14N4. The predicted octanol–water partition coefficient (Wildman–Crippen LogP) is 2.00. The van der Waals surface area contributed by atoms with Crippen molar-refractivity contribution in [2.75, 3.05) is 17.6 Å². The number of anilines is 2. The van der Waals surface area contributed by atoms with E-state index < -0.39 is 0 Å². The summed E-state index contributed by atoms with van der Waals surface area (Å²) in [5.74, 6) is 1.21. The van der Waals surface area contributed by atoms with E-state index in [1.165, 1.54) is 11.1 Å². The van der Waals surface area contributed by atoms with Crippen molar-refractivity contribution in [3.8, 4) is 11.3 Å². The molecule has 1 aromatic heterocycles. The van der Waals surface area contributed by atoms with Crippen molar-refractivity contribution in [2.24, 2.45) is 0 Å². The summed E-state index contributed by atoms with van der Waals surface area (Å²) < 4.78 is 0. The highest BCUT2D eigenvalue weighted by Gasteiger charge is 2.19. The minimum absolute atomic E-state index is 0.328. The Labute approximate surface area is 99.9 Å². The van der Waals surface area contributed by atoms with Crippen LogP contribution in [-0.2, 0) is 6.42 Å². The minimum atomic E-state index is 0.328. The van der Waals surface area contributed by atoms with Gasteiger partial charge in [0.1, 0.15) is 5.82 Å². The van der Waals surface area contributed by atoms with Gasteiger partial charge in [0.15, 0.2) is 0 Å². The van der Waals surface area contributed by atoms with Crippen molar-refractivity contribution in [3.05, 3.63) is 35.4 Å². The van der Waals surface area contributed by atoms with Gasteiger partial charge in [0, 0.05) is 17.7 Å². The van der Waals surface area contributed by atoms with Crippen molar-refractivity contribution in [1.29, 1.82) is 0 Å². The predicted molar refractivity (Wildman–Crippen MR) is 68.8 cm³/mol. The molecule has 0 bridgehead atoms. The summed E-state index contributed by atoms with van der Waals surface area (Å²) in [6.45, 7) is 2.98. The van der Waals surface area contributed by atoms with Crippen LogP contribution in [-0.4, -0.2) is 16.5 Å². The molecule has 2 aromatic rings. The highest BCUT2D eigenvalue weighted by molar-refractivity contribution is 5.72. The molecule has 0 unspecified atom stereocenters. The number of aromatic nitrogens is 2. The van der Waals surface area contributed by atoms with E-state index in [4.69, 9.17) is 5.73 Å². The first-order valence-corrected chi connectivity index (χ1v) is 5.71.